The third-order valence-corrected chi connectivity index (χ3v) is 6.85. The molecule has 0 aromatic carbocycles. The average Bonchev–Trinajstić information content (AvgIpc) is 3.00. The quantitative estimate of drug-likeness (QED) is 0.546. The first kappa shape index (κ1) is 22.3. The van der Waals surface area contributed by atoms with Gasteiger partial charge in [-0.25, -0.2) is 27.2 Å². The van der Waals surface area contributed by atoms with Crippen molar-refractivity contribution in [2.75, 3.05) is 13.1 Å². The first-order valence-corrected chi connectivity index (χ1v) is 11.1. The maximum atomic E-state index is 13.8. The Bertz CT molecular complexity index is 814. The lowest BCUT2D eigenvalue weighted by molar-refractivity contribution is -0.0853. The van der Waals surface area contributed by atoms with Gasteiger partial charge in [0.25, 0.3) is 11.8 Å². The predicted molar refractivity (Wildman–Crippen MR) is 93.8 cm³/mol. The number of hydrogen-bond acceptors (Lipinski definition) is 6. The van der Waals surface area contributed by atoms with E-state index in [1.54, 1.807) is 0 Å². The van der Waals surface area contributed by atoms with Gasteiger partial charge >= 0.3 is 22.5 Å². The summed E-state index contributed by atoms with van der Waals surface area (Å²) >= 11 is 0. The van der Waals surface area contributed by atoms with E-state index in [2.05, 4.69) is 0 Å². The Balaban J connectivity index is 1.45. The van der Waals surface area contributed by atoms with Gasteiger partial charge in [-0.05, 0) is 25.7 Å². The SMILES string of the molecule is CC(F)(F)C1CCC2CN1C(=O)N2OS(=O)(=O)ON1C(=O)N2CC1CCC2C(C)(F)F. The monoisotopic (exact) mass is 474 g/mol. The highest BCUT2D eigenvalue weighted by atomic mass is 32.3. The van der Waals surface area contributed by atoms with E-state index in [4.69, 9.17) is 8.57 Å². The van der Waals surface area contributed by atoms with E-state index in [-0.39, 0.29) is 38.8 Å². The van der Waals surface area contributed by atoms with E-state index in [0.717, 1.165) is 9.80 Å². The van der Waals surface area contributed by atoms with E-state index in [1.165, 1.54) is 0 Å². The number of halogens is 4. The Labute approximate surface area is 175 Å². The van der Waals surface area contributed by atoms with E-state index in [9.17, 15) is 35.6 Å². The minimum absolute atomic E-state index is 0.0467. The highest BCUT2D eigenvalue weighted by molar-refractivity contribution is 7.81. The second-order valence-corrected chi connectivity index (χ2v) is 9.60. The molecule has 4 atom stereocenters. The van der Waals surface area contributed by atoms with Gasteiger partial charge in [0, 0.05) is 26.9 Å². The van der Waals surface area contributed by atoms with Crippen LogP contribution in [0.5, 0.6) is 0 Å². The van der Waals surface area contributed by atoms with Crippen LogP contribution in [-0.2, 0) is 19.0 Å². The second kappa shape index (κ2) is 7.07. The van der Waals surface area contributed by atoms with Crippen LogP contribution in [0.25, 0.3) is 0 Å². The fourth-order valence-corrected chi connectivity index (χ4v) is 5.52. The maximum Gasteiger partial charge on any atom is 0.442 e. The van der Waals surface area contributed by atoms with Crippen LogP contribution < -0.4 is 0 Å². The summed E-state index contributed by atoms with van der Waals surface area (Å²) in [6.45, 7) is 1.06. The van der Waals surface area contributed by atoms with Crippen molar-refractivity contribution in [2.45, 2.75) is 75.5 Å². The summed E-state index contributed by atoms with van der Waals surface area (Å²) in [5.74, 6) is -6.37. The molecule has 4 rings (SSSR count). The van der Waals surface area contributed by atoms with Gasteiger partial charge in [0.1, 0.15) is 0 Å². The number of hydroxylamine groups is 4. The number of rotatable bonds is 6. The number of carbonyl (C=O) groups is 2. The lowest BCUT2D eigenvalue weighted by Gasteiger charge is -2.34. The standard InChI is InChI=1S/C16H22F4N4O6S/c1-15(17,18)11-5-3-9-7-21(11)13(25)23(9)29-31(27,28)30-24-10-4-6-12(16(2,19)20)22(8-10)14(24)26/h9-12H,3-8H2,1-2H3. The number of fused-ring (bicyclic) bond motifs is 4. The van der Waals surface area contributed by atoms with Gasteiger partial charge in [-0.2, -0.15) is 18.5 Å². The Morgan fingerprint density at radius 2 is 1.13 bits per heavy atom. The van der Waals surface area contributed by atoms with Crippen LogP contribution in [0.1, 0.15) is 39.5 Å². The minimum atomic E-state index is -5.02. The molecule has 4 fully saturated rings. The van der Waals surface area contributed by atoms with E-state index >= 15 is 0 Å². The fourth-order valence-electron chi connectivity index (χ4n) is 4.72. The molecule has 0 aromatic rings. The third kappa shape index (κ3) is 3.91. The molecule has 0 spiro atoms. The van der Waals surface area contributed by atoms with E-state index < -0.39 is 58.5 Å². The number of alkyl halides is 4. The molecule has 4 saturated heterocycles. The van der Waals surface area contributed by atoms with Gasteiger partial charge in [0.05, 0.1) is 24.2 Å². The summed E-state index contributed by atoms with van der Waals surface area (Å²) in [6.07, 6.45) is 0.0696. The van der Waals surface area contributed by atoms with Crippen molar-refractivity contribution in [2.24, 2.45) is 0 Å². The van der Waals surface area contributed by atoms with Gasteiger partial charge in [-0.1, -0.05) is 0 Å². The molecule has 15 heteroatoms. The molecule has 0 aromatic heterocycles. The van der Waals surface area contributed by atoms with Crippen LogP contribution in [0.15, 0.2) is 0 Å². The third-order valence-electron chi connectivity index (χ3n) is 6.16. The first-order chi connectivity index (χ1) is 14.2. The van der Waals surface area contributed by atoms with E-state index in [0.29, 0.717) is 24.0 Å². The predicted octanol–water partition coefficient (Wildman–Crippen LogP) is 1.94. The van der Waals surface area contributed by atoms with Crippen molar-refractivity contribution in [3.8, 4) is 0 Å². The Morgan fingerprint density at radius 1 is 0.774 bits per heavy atom. The largest absolute Gasteiger partial charge is 0.442 e. The number of urea groups is 2. The van der Waals surface area contributed by atoms with Gasteiger partial charge < -0.3 is 9.80 Å². The van der Waals surface area contributed by atoms with Crippen LogP contribution >= 0.6 is 0 Å². The summed E-state index contributed by atoms with van der Waals surface area (Å²) in [6, 6.07) is -6.47. The summed E-state index contributed by atoms with van der Waals surface area (Å²) in [7, 11) is -5.02. The number of amides is 4. The zero-order valence-electron chi connectivity index (χ0n) is 16.7. The van der Waals surface area contributed by atoms with Crippen LogP contribution in [0.3, 0.4) is 0 Å². The number of nitrogens with zero attached hydrogens (tertiary/aromatic N) is 4. The van der Waals surface area contributed by atoms with Gasteiger partial charge in [0.15, 0.2) is 0 Å². The molecule has 10 nitrogen and oxygen atoms in total. The summed E-state index contributed by atoms with van der Waals surface area (Å²) in [4.78, 5) is 26.6. The molecule has 176 valence electrons. The van der Waals surface area contributed by atoms with Gasteiger partial charge in [-0.15, -0.1) is 8.57 Å². The second-order valence-electron chi connectivity index (χ2n) is 8.49. The Morgan fingerprint density at radius 3 is 1.45 bits per heavy atom. The summed E-state index contributed by atoms with van der Waals surface area (Å²) < 4.78 is 89.3. The van der Waals surface area contributed by atoms with Crippen LogP contribution in [-0.4, -0.2) is 89.5 Å². The van der Waals surface area contributed by atoms with Crippen LogP contribution in [0.2, 0.25) is 0 Å². The van der Waals surface area contributed by atoms with Crippen LogP contribution in [0.4, 0.5) is 27.2 Å². The molecular formula is C16H22F4N4O6S. The number of carbonyl (C=O) groups excluding carboxylic acids is 2. The molecule has 4 heterocycles. The van der Waals surface area contributed by atoms with Crippen molar-refractivity contribution < 1.29 is 44.1 Å². The lowest BCUT2D eigenvalue weighted by Crippen LogP contribution is -2.49. The highest BCUT2D eigenvalue weighted by Gasteiger charge is 2.55. The average molecular weight is 474 g/mol. The molecule has 31 heavy (non-hydrogen) atoms. The van der Waals surface area contributed by atoms with Crippen LogP contribution in [0, 0.1) is 0 Å². The molecule has 4 aliphatic rings. The molecule has 4 bridgehead atoms. The molecule has 0 radical (unpaired) electrons. The topological polar surface area (TPSA) is 99.7 Å². The minimum Gasteiger partial charge on any atom is -0.312 e. The molecule has 0 N–H and O–H groups in total. The molecule has 4 amide bonds. The van der Waals surface area contributed by atoms with Gasteiger partial charge in [-0.3, -0.25) is 0 Å². The molecule has 0 saturated carbocycles. The number of piperidine rings is 2. The van der Waals surface area contributed by atoms with Gasteiger partial charge in [0.2, 0.25) is 0 Å². The van der Waals surface area contributed by atoms with Crippen molar-refractivity contribution >= 4 is 22.5 Å². The summed E-state index contributed by atoms with van der Waals surface area (Å²) in [5, 5.41) is 0.911. The van der Waals surface area contributed by atoms with Crippen molar-refractivity contribution in [1.82, 2.24) is 19.9 Å². The highest BCUT2D eigenvalue weighted by Crippen LogP contribution is 2.39. The fraction of sp³-hybridized carbons (Fsp3) is 0.875. The van der Waals surface area contributed by atoms with Crippen molar-refractivity contribution in [3.63, 3.8) is 0 Å². The molecule has 4 unspecified atom stereocenters. The molecular weight excluding hydrogens is 452 g/mol. The van der Waals surface area contributed by atoms with Crippen molar-refractivity contribution in [1.29, 1.82) is 0 Å². The zero-order valence-corrected chi connectivity index (χ0v) is 17.5. The first-order valence-electron chi connectivity index (χ1n) is 9.78. The van der Waals surface area contributed by atoms with E-state index in [1.807, 2.05) is 0 Å². The normalized spacial score (nSPS) is 31.8. The Kier molecular flexibility index (Phi) is 5.09. The van der Waals surface area contributed by atoms with Crippen molar-refractivity contribution in [3.05, 3.63) is 0 Å². The maximum absolute atomic E-state index is 13.8. The lowest BCUT2D eigenvalue weighted by atomic mass is 9.97. The number of hydrogen-bond donors (Lipinski definition) is 0. The summed E-state index contributed by atoms with van der Waals surface area (Å²) in [5.41, 5.74) is 0. The Hall–Kier alpha value is -1.87. The smallest absolute Gasteiger partial charge is 0.312 e. The zero-order chi connectivity index (χ0) is 22.9. The molecule has 4 aliphatic heterocycles. The molecule has 0 aliphatic carbocycles.